The van der Waals surface area contributed by atoms with Crippen LogP contribution in [0.3, 0.4) is 0 Å². The topological polar surface area (TPSA) is 86.4 Å². The zero-order chi connectivity index (χ0) is 17.8. The van der Waals surface area contributed by atoms with Gasteiger partial charge >= 0.3 is 0 Å². The summed E-state index contributed by atoms with van der Waals surface area (Å²) in [5.74, 6) is 0.458. The van der Waals surface area contributed by atoms with Gasteiger partial charge in [0.05, 0.1) is 31.6 Å². The van der Waals surface area contributed by atoms with Crippen LogP contribution in [0.1, 0.15) is 51.0 Å². The largest absolute Gasteiger partial charge is 0.370 e. The lowest BCUT2D eigenvalue weighted by atomic mass is 9.79. The first-order valence-corrected chi connectivity index (χ1v) is 10.9. The number of morpholine rings is 1. The van der Waals surface area contributed by atoms with Gasteiger partial charge in [-0.1, -0.05) is 18.2 Å². The molecule has 9 heteroatoms. The van der Waals surface area contributed by atoms with E-state index in [1.54, 1.807) is 4.90 Å². The average Bonchev–Trinajstić information content (AvgIpc) is 3.44. The number of rotatable bonds is 7. The third-order valence-electron chi connectivity index (χ3n) is 5.97. The summed E-state index contributed by atoms with van der Waals surface area (Å²) in [6, 6.07) is 0.436. The molecule has 3 aliphatic rings. The molecular weight excluding hydrogens is 352 g/mol. The predicted molar refractivity (Wildman–Crippen MR) is 97.2 cm³/mol. The molecule has 0 spiro atoms. The molecular formula is C17H29N6O2S+. The predicted octanol–water partition coefficient (Wildman–Crippen LogP) is -0.166. The SMILES string of the molecule is O=C(CSc1nnnn1C1CC1)NCC1([NH+]2CCOCC2)CCCCC1. The first-order chi connectivity index (χ1) is 12.8. The summed E-state index contributed by atoms with van der Waals surface area (Å²) in [4.78, 5) is 14.1. The fourth-order valence-corrected chi connectivity index (χ4v) is 5.08. The van der Waals surface area contributed by atoms with Gasteiger partial charge in [0.15, 0.2) is 0 Å². The minimum Gasteiger partial charge on any atom is -0.370 e. The monoisotopic (exact) mass is 381 g/mol. The number of aromatic nitrogens is 4. The van der Waals surface area contributed by atoms with Crippen LogP contribution in [0.15, 0.2) is 5.16 Å². The fourth-order valence-electron chi connectivity index (χ4n) is 4.31. The highest BCUT2D eigenvalue weighted by atomic mass is 32.2. The van der Waals surface area contributed by atoms with Crippen LogP contribution in [0.4, 0.5) is 0 Å². The number of tetrazole rings is 1. The van der Waals surface area contributed by atoms with E-state index in [0.29, 0.717) is 11.8 Å². The molecule has 144 valence electrons. The van der Waals surface area contributed by atoms with Gasteiger partial charge in [-0.3, -0.25) is 4.79 Å². The Morgan fingerprint density at radius 1 is 1.27 bits per heavy atom. The second-order valence-electron chi connectivity index (χ2n) is 7.76. The molecule has 0 radical (unpaired) electrons. The van der Waals surface area contributed by atoms with Crippen molar-refractivity contribution in [2.45, 2.75) is 61.7 Å². The van der Waals surface area contributed by atoms with E-state index >= 15 is 0 Å². The Bertz CT molecular complexity index is 608. The maximum absolute atomic E-state index is 12.5. The summed E-state index contributed by atoms with van der Waals surface area (Å²) in [5, 5.41) is 15.8. The molecule has 1 amide bonds. The minimum absolute atomic E-state index is 0.0814. The first-order valence-electron chi connectivity index (χ1n) is 9.87. The van der Waals surface area contributed by atoms with Gasteiger partial charge in [0.1, 0.15) is 18.6 Å². The summed E-state index contributed by atoms with van der Waals surface area (Å²) in [5.41, 5.74) is 0.192. The molecule has 1 aliphatic heterocycles. The van der Waals surface area contributed by atoms with Crippen LogP contribution in [-0.2, 0) is 9.53 Å². The normalized spacial score (nSPS) is 23.7. The Labute approximate surface area is 158 Å². The summed E-state index contributed by atoms with van der Waals surface area (Å²) in [7, 11) is 0. The van der Waals surface area contributed by atoms with E-state index in [0.717, 1.165) is 50.8 Å². The zero-order valence-electron chi connectivity index (χ0n) is 15.3. The summed E-state index contributed by atoms with van der Waals surface area (Å²) >= 11 is 1.44. The number of hydrogen-bond donors (Lipinski definition) is 2. The molecule has 2 saturated carbocycles. The molecule has 1 saturated heterocycles. The van der Waals surface area contributed by atoms with Crippen molar-refractivity contribution in [3.63, 3.8) is 0 Å². The van der Waals surface area contributed by atoms with E-state index in [9.17, 15) is 4.79 Å². The lowest BCUT2D eigenvalue weighted by molar-refractivity contribution is -0.960. The molecule has 0 atom stereocenters. The third-order valence-corrected chi connectivity index (χ3v) is 6.90. The number of carbonyl (C=O) groups is 1. The Morgan fingerprint density at radius 3 is 2.77 bits per heavy atom. The van der Waals surface area contributed by atoms with Gasteiger partial charge in [-0.05, 0) is 36.1 Å². The highest BCUT2D eigenvalue weighted by Crippen LogP contribution is 2.36. The molecule has 0 unspecified atom stereocenters. The second kappa shape index (κ2) is 8.22. The fraction of sp³-hybridized carbons (Fsp3) is 0.882. The van der Waals surface area contributed by atoms with Gasteiger partial charge < -0.3 is 15.0 Å². The number of quaternary nitrogens is 1. The van der Waals surface area contributed by atoms with Crippen LogP contribution >= 0.6 is 11.8 Å². The number of amides is 1. The van der Waals surface area contributed by atoms with Crippen molar-refractivity contribution in [2.75, 3.05) is 38.6 Å². The van der Waals surface area contributed by atoms with E-state index in [2.05, 4.69) is 20.8 Å². The number of thioether (sulfide) groups is 1. The molecule has 1 aromatic heterocycles. The Kier molecular flexibility index (Phi) is 5.75. The molecule has 1 aromatic rings. The van der Waals surface area contributed by atoms with Crippen LogP contribution in [-0.4, -0.2) is 70.3 Å². The first kappa shape index (κ1) is 18.2. The van der Waals surface area contributed by atoms with Gasteiger partial charge in [-0.2, -0.15) is 0 Å². The number of nitrogens with one attached hydrogen (secondary N) is 2. The van der Waals surface area contributed by atoms with Crippen LogP contribution in [0.25, 0.3) is 0 Å². The quantitative estimate of drug-likeness (QED) is 0.638. The lowest BCUT2D eigenvalue weighted by Gasteiger charge is -2.45. The maximum atomic E-state index is 12.5. The molecule has 2 aliphatic carbocycles. The van der Waals surface area contributed by atoms with Crippen molar-refractivity contribution in [2.24, 2.45) is 0 Å². The molecule has 2 heterocycles. The van der Waals surface area contributed by atoms with Gasteiger partial charge in [0.2, 0.25) is 11.1 Å². The van der Waals surface area contributed by atoms with Crippen molar-refractivity contribution in [3.05, 3.63) is 0 Å². The second-order valence-corrected chi connectivity index (χ2v) is 8.70. The van der Waals surface area contributed by atoms with Crippen molar-refractivity contribution in [1.29, 1.82) is 0 Å². The minimum atomic E-state index is 0.0814. The number of hydrogen-bond acceptors (Lipinski definition) is 6. The Morgan fingerprint density at radius 2 is 2.04 bits per heavy atom. The van der Waals surface area contributed by atoms with Crippen molar-refractivity contribution in [1.82, 2.24) is 25.5 Å². The molecule has 2 N–H and O–H groups in total. The van der Waals surface area contributed by atoms with Crippen LogP contribution < -0.4 is 10.2 Å². The number of nitrogens with zero attached hydrogens (tertiary/aromatic N) is 4. The van der Waals surface area contributed by atoms with Crippen molar-refractivity contribution < 1.29 is 14.4 Å². The van der Waals surface area contributed by atoms with Crippen molar-refractivity contribution in [3.8, 4) is 0 Å². The smallest absolute Gasteiger partial charge is 0.230 e. The van der Waals surface area contributed by atoms with E-state index in [1.165, 1.54) is 43.9 Å². The number of ether oxygens (including phenoxy) is 1. The summed E-state index contributed by atoms with van der Waals surface area (Å²) in [6.07, 6.45) is 8.53. The Balaban J connectivity index is 1.30. The van der Waals surface area contributed by atoms with E-state index in [1.807, 2.05) is 4.68 Å². The van der Waals surface area contributed by atoms with Gasteiger partial charge in [0.25, 0.3) is 0 Å². The van der Waals surface area contributed by atoms with Gasteiger partial charge in [-0.15, -0.1) is 5.10 Å². The van der Waals surface area contributed by atoms with Crippen LogP contribution in [0.5, 0.6) is 0 Å². The van der Waals surface area contributed by atoms with Gasteiger partial charge in [0, 0.05) is 12.8 Å². The Hall–Kier alpha value is -1.19. The van der Waals surface area contributed by atoms with Crippen LogP contribution in [0.2, 0.25) is 0 Å². The number of carbonyl (C=O) groups excluding carboxylic acids is 1. The van der Waals surface area contributed by atoms with E-state index in [4.69, 9.17) is 4.74 Å². The van der Waals surface area contributed by atoms with Gasteiger partial charge in [-0.25, -0.2) is 4.68 Å². The summed E-state index contributed by atoms with van der Waals surface area (Å²) < 4.78 is 7.40. The maximum Gasteiger partial charge on any atom is 0.230 e. The molecule has 8 nitrogen and oxygen atoms in total. The standard InChI is InChI=1S/C17H28N6O2S/c24-15(12-26-16-19-20-21-23(16)14-4-5-14)18-13-17(6-2-1-3-7-17)22-8-10-25-11-9-22/h14H,1-13H2,(H,18,24)/p+1. The lowest BCUT2D eigenvalue weighted by Crippen LogP contribution is -3.23. The highest BCUT2D eigenvalue weighted by Gasteiger charge is 2.42. The molecule has 0 aromatic carbocycles. The van der Waals surface area contributed by atoms with E-state index in [-0.39, 0.29) is 11.4 Å². The van der Waals surface area contributed by atoms with E-state index < -0.39 is 0 Å². The highest BCUT2D eigenvalue weighted by molar-refractivity contribution is 7.99. The van der Waals surface area contributed by atoms with Crippen LogP contribution in [0, 0.1) is 0 Å². The average molecular weight is 382 g/mol. The third kappa shape index (κ3) is 4.20. The molecule has 26 heavy (non-hydrogen) atoms. The molecule has 0 bridgehead atoms. The molecule has 4 rings (SSSR count). The summed E-state index contributed by atoms with van der Waals surface area (Å²) in [6.45, 7) is 4.56. The zero-order valence-corrected chi connectivity index (χ0v) is 16.1. The van der Waals surface area contributed by atoms with Crippen molar-refractivity contribution >= 4 is 17.7 Å². The molecule has 3 fully saturated rings.